The van der Waals surface area contributed by atoms with Crippen LogP contribution in [0.4, 0.5) is 0 Å². The second kappa shape index (κ2) is 6.04. The Morgan fingerprint density at radius 2 is 1.10 bits per heavy atom. The van der Waals surface area contributed by atoms with Crippen LogP contribution >= 0.6 is 22.1 Å². The van der Waals surface area contributed by atoms with Gasteiger partial charge in [-0.1, -0.05) is 35.9 Å². The van der Waals surface area contributed by atoms with Crippen molar-refractivity contribution >= 4 is 68.4 Å². The van der Waals surface area contributed by atoms with Crippen molar-refractivity contribution in [2.75, 3.05) is 0 Å². The molecular weight excluding hydrogens is 493 g/mol. The van der Waals surface area contributed by atoms with Crippen LogP contribution < -0.4 is 0 Å². The second-order valence-corrected chi connectivity index (χ2v) is 7.15. The molecule has 4 aromatic rings. The zero-order valence-electron chi connectivity index (χ0n) is 11.2. The van der Waals surface area contributed by atoms with Gasteiger partial charge in [-0.05, 0) is 48.5 Å². The Bertz CT molecular complexity index is 856. The Morgan fingerprint density at radius 3 is 1.62 bits per heavy atom. The van der Waals surface area contributed by atoms with Gasteiger partial charge in [0.05, 0.1) is 0 Å². The SMILES string of the molecule is Clc1ccc(-[s+]2c3ccccc3c3ccccc32)cc1.[Bi]. The molecule has 0 aliphatic carbocycles. The molecule has 0 spiro atoms. The third-order valence-electron chi connectivity index (χ3n) is 3.55. The van der Waals surface area contributed by atoms with Gasteiger partial charge in [0.15, 0.2) is 14.3 Å². The fourth-order valence-electron chi connectivity index (χ4n) is 2.68. The molecule has 1 aromatic heterocycles. The van der Waals surface area contributed by atoms with Gasteiger partial charge in [0.1, 0.15) is 0 Å². The molecule has 0 bridgehead atoms. The molecule has 0 amide bonds. The molecule has 0 aliphatic heterocycles. The fraction of sp³-hybridized carbons (Fsp3) is 0. The van der Waals surface area contributed by atoms with Crippen LogP contribution in [0.25, 0.3) is 25.1 Å². The minimum Gasteiger partial charge on any atom is -0.0843 e. The van der Waals surface area contributed by atoms with E-state index in [9.17, 15) is 0 Å². The molecule has 4 rings (SSSR count). The number of thiophene rings is 1. The van der Waals surface area contributed by atoms with Crippen molar-refractivity contribution < 1.29 is 0 Å². The molecule has 0 N–H and O–H groups in total. The topological polar surface area (TPSA) is 0 Å². The maximum absolute atomic E-state index is 6.02. The summed E-state index contributed by atoms with van der Waals surface area (Å²) in [5.74, 6) is 0. The van der Waals surface area contributed by atoms with Crippen molar-refractivity contribution in [3.05, 3.63) is 77.8 Å². The molecule has 0 saturated carbocycles. The number of halogens is 1. The van der Waals surface area contributed by atoms with Gasteiger partial charge in [-0.25, -0.2) is 0 Å². The van der Waals surface area contributed by atoms with E-state index in [0.717, 1.165) is 5.02 Å². The monoisotopic (exact) mass is 504 g/mol. The predicted octanol–water partition coefficient (Wildman–Crippen LogP) is 6.00. The van der Waals surface area contributed by atoms with Gasteiger partial charge in [-0.3, -0.25) is 0 Å². The Morgan fingerprint density at radius 1 is 0.619 bits per heavy atom. The van der Waals surface area contributed by atoms with Crippen LogP contribution in [0.2, 0.25) is 5.02 Å². The number of benzene rings is 3. The van der Waals surface area contributed by atoms with Crippen LogP contribution in [0, 0.1) is 0 Å². The summed E-state index contributed by atoms with van der Waals surface area (Å²) in [5, 5.41) is 3.51. The minimum atomic E-state index is -0.00747. The summed E-state index contributed by atoms with van der Waals surface area (Å²) in [6, 6.07) is 25.7. The molecule has 0 saturated heterocycles. The average Bonchev–Trinajstić information content (AvgIpc) is 2.83. The first kappa shape index (κ1) is 15.0. The fourth-order valence-corrected chi connectivity index (χ4v) is 5.18. The van der Waals surface area contributed by atoms with Crippen LogP contribution in [-0.2, 0) is 0 Å². The van der Waals surface area contributed by atoms with Crippen LogP contribution in [0.3, 0.4) is 0 Å². The number of rotatable bonds is 1. The zero-order chi connectivity index (χ0) is 13.5. The van der Waals surface area contributed by atoms with Gasteiger partial charge in [-0.2, -0.15) is 0 Å². The van der Waals surface area contributed by atoms with Crippen molar-refractivity contribution in [2.45, 2.75) is 0 Å². The van der Waals surface area contributed by atoms with Crippen molar-refractivity contribution in [1.29, 1.82) is 0 Å². The largest absolute Gasteiger partial charge is 0.187 e. The summed E-state index contributed by atoms with van der Waals surface area (Å²) in [6.07, 6.45) is 0. The van der Waals surface area contributed by atoms with Gasteiger partial charge in [0.2, 0.25) is 0 Å². The standard InChI is InChI=1S/C18H12ClS.Bi/c19-13-9-11-14(12-10-13)20-17-7-3-1-5-15(17)16-6-2-4-8-18(16)20;/h1-12H;/q+1;. The van der Waals surface area contributed by atoms with Crippen molar-refractivity contribution in [2.24, 2.45) is 0 Å². The Hall–Kier alpha value is -0.947. The normalized spacial score (nSPS) is 10.7. The summed E-state index contributed by atoms with van der Waals surface area (Å²) >= 11 is 6.02. The molecule has 3 aromatic carbocycles. The predicted molar refractivity (Wildman–Crippen MR) is 96.0 cm³/mol. The molecule has 0 nitrogen and oxygen atoms in total. The third kappa shape index (κ3) is 2.50. The van der Waals surface area contributed by atoms with E-state index in [1.165, 1.54) is 25.1 Å². The number of hydrogen-bond acceptors (Lipinski definition) is 0. The van der Waals surface area contributed by atoms with Gasteiger partial charge < -0.3 is 0 Å². The smallest absolute Gasteiger partial charge is 0.0843 e. The van der Waals surface area contributed by atoms with E-state index < -0.39 is 0 Å². The molecule has 0 fully saturated rings. The van der Waals surface area contributed by atoms with Gasteiger partial charge in [0.25, 0.3) is 0 Å². The Balaban J connectivity index is 0.00000132. The first-order chi connectivity index (χ1) is 9.84. The minimum absolute atomic E-state index is 0. The molecule has 3 heteroatoms. The summed E-state index contributed by atoms with van der Waals surface area (Å²) in [5.41, 5.74) is 0. The third-order valence-corrected chi connectivity index (χ3v) is 6.14. The van der Waals surface area contributed by atoms with Crippen molar-refractivity contribution in [3.8, 4) is 4.90 Å². The molecule has 0 unspecified atom stereocenters. The first-order valence-corrected chi connectivity index (χ1v) is 8.13. The van der Waals surface area contributed by atoms with Crippen molar-refractivity contribution in [1.82, 2.24) is 0 Å². The molecule has 0 aliphatic rings. The summed E-state index contributed by atoms with van der Waals surface area (Å²) in [6.45, 7) is 0. The maximum atomic E-state index is 6.02. The number of fused-ring (bicyclic) bond motifs is 3. The number of hydrogen-bond donors (Lipinski definition) is 0. The average molecular weight is 505 g/mol. The van der Waals surface area contributed by atoms with Crippen LogP contribution in [0.1, 0.15) is 0 Å². The van der Waals surface area contributed by atoms with Gasteiger partial charge in [0, 0.05) is 52.5 Å². The second-order valence-electron chi connectivity index (χ2n) is 4.75. The van der Waals surface area contributed by atoms with E-state index in [0.29, 0.717) is 0 Å². The summed E-state index contributed by atoms with van der Waals surface area (Å²) < 4.78 is 2.83. The van der Waals surface area contributed by atoms with E-state index in [1.807, 2.05) is 12.1 Å². The van der Waals surface area contributed by atoms with Gasteiger partial charge >= 0.3 is 0 Å². The van der Waals surface area contributed by atoms with Crippen molar-refractivity contribution in [3.63, 3.8) is 0 Å². The van der Waals surface area contributed by atoms with Crippen LogP contribution in [-0.4, -0.2) is 26.2 Å². The first-order valence-electron chi connectivity index (χ1n) is 6.53. The van der Waals surface area contributed by atoms with Crippen LogP contribution in [0.5, 0.6) is 0 Å². The van der Waals surface area contributed by atoms with E-state index in [2.05, 4.69) is 60.7 Å². The molecule has 1 heterocycles. The summed E-state index contributed by atoms with van der Waals surface area (Å²) in [7, 11) is -0.00747. The Kier molecular flexibility index (Phi) is 4.31. The molecule has 3 radical (unpaired) electrons. The zero-order valence-corrected chi connectivity index (χ0v) is 16.2. The summed E-state index contributed by atoms with van der Waals surface area (Å²) in [4.78, 5) is 1.33. The van der Waals surface area contributed by atoms with E-state index in [4.69, 9.17) is 11.6 Å². The molecule has 101 valence electrons. The van der Waals surface area contributed by atoms with Gasteiger partial charge in [-0.15, -0.1) is 0 Å². The molecular formula is C18H12BiClS+. The van der Waals surface area contributed by atoms with E-state index >= 15 is 0 Å². The van der Waals surface area contributed by atoms with E-state index in [-0.39, 0.29) is 36.7 Å². The molecule has 21 heavy (non-hydrogen) atoms. The Labute approximate surface area is 150 Å². The quantitative estimate of drug-likeness (QED) is 0.220. The van der Waals surface area contributed by atoms with Crippen LogP contribution in [0.15, 0.2) is 72.8 Å². The molecule has 0 atom stereocenters. The maximum Gasteiger partial charge on any atom is 0.187 e. The van der Waals surface area contributed by atoms with E-state index in [1.54, 1.807) is 0 Å².